The molecule has 0 bridgehead atoms. The van der Waals surface area contributed by atoms with Crippen LogP contribution >= 0.6 is 11.3 Å². The van der Waals surface area contributed by atoms with Crippen molar-refractivity contribution in [2.45, 2.75) is 6.18 Å². The van der Waals surface area contributed by atoms with Crippen molar-refractivity contribution in [3.05, 3.63) is 64.2 Å². The Morgan fingerprint density at radius 3 is 2.52 bits per heavy atom. The summed E-state index contributed by atoms with van der Waals surface area (Å²) in [5, 5.41) is 14.4. The molecule has 0 atom stereocenters. The van der Waals surface area contributed by atoms with Crippen molar-refractivity contribution >= 4 is 37.8 Å². The summed E-state index contributed by atoms with van der Waals surface area (Å²) >= 11 is 0.977. The van der Waals surface area contributed by atoms with Gasteiger partial charge in [0, 0.05) is 15.8 Å². The average Bonchev–Trinajstić information content (AvgIpc) is 2.86. The topological polar surface area (TPSA) is 55.2 Å². The molecule has 0 aliphatic carbocycles. The Hall–Kier alpha value is -2.61. The Bertz CT molecular complexity index is 890. The standard InChI is InChI=1S/C15H9F3N2O2S/c16-15(17,18)9-4-3-5-10(8-9)19-13-11-6-1-2-7-12(11)23-14(13)20(21)22/h1-8,19H. The van der Waals surface area contributed by atoms with Gasteiger partial charge in [0.1, 0.15) is 5.69 Å². The Balaban J connectivity index is 2.08. The highest BCUT2D eigenvalue weighted by molar-refractivity contribution is 7.23. The number of nitrogens with zero attached hydrogens (tertiary/aromatic N) is 1. The molecule has 0 saturated carbocycles. The number of alkyl halides is 3. The summed E-state index contributed by atoms with van der Waals surface area (Å²) in [7, 11) is 0. The van der Waals surface area contributed by atoms with Gasteiger partial charge in [-0.3, -0.25) is 10.1 Å². The van der Waals surface area contributed by atoms with Crippen LogP contribution in [-0.4, -0.2) is 4.92 Å². The van der Waals surface area contributed by atoms with Crippen LogP contribution in [0.3, 0.4) is 0 Å². The smallest absolute Gasteiger partial charge is 0.349 e. The normalized spacial score (nSPS) is 11.6. The molecule has 0 unspecified atom stereocenters. The maximum absolute atomic E-state index is 12.8. The van der Waals surface area contributed by atoms with Crippen LogP contribution in [0, 0.1) is 10.1 Å². The van der Waals surface area contributed by atoms with Gasteiger partial charge in [-0.2, -0.15) is 13.2 Å². The van der Waals surface area contributed by atoms with E-state index in [2.05, 4.69) is 5.32 Å². The lowest BCUT2D eigenvalue weighted by Crippen LogP contribution is -2.05. The van der Waals surface area contributed by atoms with Gasteiger partial charge in [-0.25, -0.2) is 0 Å². The fourth-order valence-electron chi connectivity index (χ4n) is 2.20. The van der Waals surface area contributed by atoms with Crippen LogP contribution in [0.2, 0.25) is 0 Å². The third-order valence-electron chi connectivity index (χ3n) is 3.20. The molecule has 0 fully saturated rings. The van der Waals surface area contributed by atoms with Gasteiger partial charge in [-0.05, 0) is 24.3 Å². The number of rotatable bonds is 3. The second kappa shape index (κ2) is 5.54. The van der Waals surface area contributed by atoms with E-state index >= 15 is 0 Å². The van der Waals surface area contributed by atoms with Crippen molar-refractivity contribution in [2.75, 3.05) is 5.32 Å². The van der Waals surface area contributed by atoms with E-state index in [1.165, 1.54) is 12.1 Å². The third-order valence-corrected chi connectivity index (χ3v) is 4.32. The molecule has 0 radical (unpaired) electrons. The fraction of sp³-hybridized carbons (Fsp3) is 0.0667. The molecule has 8 heteroatoms. The molecule has 1 N–H and O–H groups in total. The van der Waals surface area contributed by atoms with Crippen LogP contribution in [0.1, 0.15) is 5.56 Å². The largest absolute Gasteiger partial charge is 0.416 e. The van der Waals surface area contributed by atoms with Crippen LogP contribution < -0.4 is 5.32 Å². The first-order valence-electron chi connectivity index (χ1n) is 6.46. The number of anilines is 2. The number of hydrogen-bond donors (Lipinski definition) is 1. The van der Waals surface area contributed by atoms with Crippen LogP contribution in [0.25, 0.3) is 10.1 Å². The summed E-state index contributed by atoms with van der Waals surface area (Å²) in [6, 6.07) is 11.4. The second-order valence-electron chi connectivity index (χ2n) is 4.74. The number of nitro groups is 1. The predicted molar refractivity (Wildman–Crippen MR) is 83.2 cm³/mol. The van der Waals surface area contributed by atoms with Gasteiger partial charge in [0.25, 0.3) is 0 Å². The summed E-state index contributed by atoms with van der Waals surface area (Å²) in [5.74, 6) is 0. The fourth-order valence-corrected chi connectivity index (χ4v) is 3.17. The molecule has 2 aromatic carbocycles. The van der Waals surface area contributed by atoms with Gasteiger partial charge < -0.3 is 5.32 Å². The van der Waals surface area contributed by atoms with Gasteiger partial charge in [0.15, 0.2) is 0 Å². The molecule has 1 heterocycles. The van der Waals surface area contributed by atoms with E-state index in [0.29, 0.717) is 10.1 Å². The van der Waals surface area contributed by atoms with Crippen molar-refractivity contribution in [3.63, 3.8) is 0 Å². The van der Waals surface area contributed by atoms with Crippen molar-refractivity contribution in [1.82, 2.24) is 0 Å². The zero-order valence-corrected chi connectivity index (χ0v) is 12.2. The molecular weight excluding hydrogens is 329 g/mol. The lowest BCUT2D eigenvalue weighted by molar-refractivity contribution is -0.379. The van der Waals surface area contributed by atoms with Crippen molar-refractivity contribution in [1.29, 1.82) is 0 Å². The Morgan fingerprint density at radius 1 is 1.09 bits per heavy atom. The summed E-state index contributed by atoms with van der Waals surface area (Å²) in [6.07, 6.45) is -4.47. The molecule has 3 rings (SSSR count). The molecule has 3 aromatic rings. The lowest BCUT2D eigenvalue weighted by atomic mass is 10.2. The number of hydrogen-bond acceptors (Lipinski definition) is 4. The van der Waals surface area contributed by atoms with Gasteiger partial charge in [-0.1, -0.05) is 35.6 Å². The van der Waals surface area contributed by atoms with Crippen LogP contribution in [0.5, 0.6) is 0 Å². The second-order valence-corrected chi connectivity index (χ2v) is 5.77. The maximum Gasteiger partial charge on any atom is 0.416 e. The highest BCUT2D eigenvalue weighted by Gasteiger charge is 2.30. The zero-order chi connectivity index (χ0) is 16.6. The van der Waals surface area contributed by atoms with Crippen LogP contribution in [0.15, 0.2) is 48.5 Å². The lowest BCUT2D eigenvalue weighted by Gasteiger charge is -2.10. The minimum Gasteiger partial charge on any atom is -0.349 e. The number of benzene rings is 2. The van der Waals surface area contributed by atoms with Crippen molar-refractivity contribution < 1.29 is 18.1 Å². The van der Waals surface area contributed by atoms with E-state index < -0.39 is 16.7 Å². The molecular formula is C15H9F3N2O2S. The maximum atomic E-state index is 12.8. The highest BCUT2D eigenvalue weighted by atomic mass is 32.1. The quantitative estimate of drug-likeness (QED) is 0.501. The van der Waals surface area contributed by atoms with Crippen LogP contribution in [0.4, 0.5) is 29.5 Å². The average molecular weight is 338 g/mol. The third kappa shape index (κ3) is 2.98. The van der Waals surface area contributed by atoms with Gasteiger partial charge >= 0.3 is 11.2 Å². The summed E-state index contributed by atoms with van der Waals surface area (Å²) in [6.45, 7) is 0. The molecule has 0 aliphatic rings. The van der Waals surface area contributed by atoms with E-state index in [4.69, 9.17) is 0 Å². The Morgan fingerprint density at radius 2 is 1.83 bits per heavy atom. The molecule has 0 amide bonds. The monoisotopic (exact) mass is 338 g/mol. The molecule has 1 aromatic heterocycles. The number of halogens is 3. The summed E-state index contributed by atoms with van der Waals surface area (Å²) < 4.78 is 39.0. The first-order valence-corrected chi connectivity index (χ1v) is 7.28. The van der Waals surface area contributed by atoms with E-state index in [1.807, 2.05) is 0 Å². The molecule has 23 heavy (non-hydrogen) atoms. The first kappa shape index (κ1) is 15.3. The van der Waals surface area contributed by atoms with Crippen molar-refractivity contribution in [3.8, 4) is 0 Å². The number of nitrogens with one attached hydrogen (secondary N) is 1. The highest BCUT2D eigenvalue weighted by Crippen LogP contribution is 2.43. The Labute approximate surface area is 132 Å². The SMILES string of the molecule is O=[N+]([O-])c1sc2ccccc2c1Nc1cccc(C(F)(F)F)c1. The molecule has 0 spiro atoms. The van der Waals surface area contributed by atoms with E-state index in [9.17, 15) is 23.3 Å². The van der Waals surface area contributed by atoms with Crippen molar-refractivity contribution in [2.24, 2.45) is 0 Å². The van der Waals surface area contributed by atoms with Gasteiger partial charge in [0.05, 0.1) is 10.5 Å². The summed E-state index contributed by atoms with van der Waals surface area (Å²) in [5.41, 5.74) is -0.467. The molecule has 118 valence electrons. The van der Waals surface area contributed by atoms with E-state index in [0.717, 1.165) is 23.5 Å². The zero-order valence-electron chi connectivity index (χ0n) is 11.4. The van der Waals surface area contributed by atoms with Crippen LogP contribution in [-0.2, 0) is 6.18 Å². The minimum atomic E-state index is -4.47. The van der Waals surface area contributed by atoms with E-state index in [-0.39, 0.29) is 16.4 Å². The summed E-state index contributed by atoms with van der Waals surface area (Å²) in [4.78, 5) is 10.7. The number of fused-ring (bicyclic) bond motifs is 1. The molecule has 4 nitrogen and oxygen atoms in total. The first-order chi connectivity index (χ1) is 10.9. The van der Waals surface area contributed by atoms with E-state index in [1.54, 1.807) is 24.3 Å². The number of thiophene rings is 1. The van der Waals surface area contributed by atoms with Gasteiger partial charge in [0.2, 0.25) is 0 Å². The minimum absolute atomic E-state index is 0.136. The molecule has 0 saturated heterocycles. The predicted octanol–water partition coefficient (Wildman–Crippen LogP) is 5.57. The van der Waals surface area contributed by atoms with Gasteiger partial charge in [-0.15, -0.1) is 0 Å². The molecule has 0 aliphatic heterocycles. The Kier molecular flexibility index (Phi) is 3.69.